The molecule has 15 heavy (non-hydrogen) atoms. The minimum absolute atomic E-state index is 0.0715. The van der Waals surface area contributed by atoms with E-state index in [1.807, 2.05) is 18.2 Å². The molecular formula is C11H12O3S. The van der Waals surface area contributed by atoms with E-state index in [4.69, 9.17) is 9.84 Å². The minimum atomic E-state index is -0.811. The molecule has 1 heterocycles. The molecule has 80 valence electrons. The normalized spacial score (nSPS) is 19.1. The van der Waals surface area contributed by atoms with Crippen molar-refractivity contribution in [2.45, 2.75) is 30.3 Å². The van der Waals surface area contributed by atoms with Crippen LogP contribution < -0.4 is 4.74 Å². The molecule has 0 radical (unpaired) electrons. The number of rotatable bonds is 2. The molecule has 3 nitrogen and oxygen atoms in total. The predicted molar refractivity (Wildman–Crippen MR) is 58.7 cm³/mol. The van der Waals surface area contributed by atoms with Crippen molar-refractivity contribution in [2.24, 2.45) is 0 Å². The highest BCUT2D eigenvalue weighted by Gasteiger charge is 2.21. The van der Waals surface area contributed by atoms with Crippen LogP contribution in [0, 0.1) is 0 Å². The average Bonchev–Trinajstić information content (AvgIpc) is 2.17. The van der Waals surface area contributed by atoms with E-state index < -0.39 is 5.97 Å². The number of carboxylic acid groups (broad SMARTS) is 1. The molecular weight excluding hydrogens is 212 g/mol. The second kappa shape index (κ2) is 4.14. The summed E-state index contributed by atoms with van der Waals surface area (Å²) in [6.07, 6.45) is 1.50. The molecule has 0 amide bonds. The van der Waals surface area contributed by atoms with Gasteiger partial charge in [-0.25, -0.2) is 0 Å². The first-order chi connectivity index (χ1) is 7.15. The van der Waals surface area contributed by atoms with E-state index in [0.717, 1.165) is 29.1 Å². The highest BCUT2D eigenvalue weighted by atomic mass is 32.1. The van der Waals surface area contributed by atoms with Gasteiger partial charge in [0.2, 0.25) is 0 Å². The molecule has 0 spiro atoms. The summed E-state index contributed by atoms with van der Waals surface area (Å²) in [4.78, 5) is 11.5. The van der Waals surface area contributed by atoms with E-state index in [2.05, 4.69) is 12.6 Å². The molecule has 0 aromatic heterocycles. The van der Waals surface area contributed by atoms with Crippen LogP contribution in [-0.4, -0.2) is 17.2 Å². The quantitative estimate of drug-likeness (QED) is 0.757. The first kappa shape index (κ1) is 10.4. The smallest absolute Gasteiger partial charge is 0.307 e. The maximum Gasteiger partial charge on any atom is 0.307 e. The van der Waals surface area contributed by atoms with Crippen LogP contribution in [0.25, 0.3) is 0 Å². The lowest BCUT2D eigenvalue weighted by molar-refractivity contribution is -0.139. The summed E-state index contributed by atoms with van der Waals surface area (Å²) < 4.78 is 5.58. The summed E-state index contributed by atoms with van der Waals surface area (Å²) >= 11 is 4.25. The highest BCUT2D eigenvalue weighted by molar-refractivity contribution is 7.80. The van der Waals surface area contributed by atoms with Crippen molar-refractivity contribution < 1.29 is 14.6 Å². The van der Waals surface area contributed by atoms with Gasteiger partial charge in [-0.05, 0) is 36.6 Å². The van der Waals surface area contributed by atoms with Crippen molar-refractivity contribution >= 4 is 18.6 Å². The molecule has 1 unspecified atom stereocenters. The van der Waals surface area contributed by atoms with Crippen LogP contribution in [-0.2, 0) is 11.2 Å². The summed E-state index contributed by atoms with van der Waals surface area (Å²) in [5.74, 6) is -0.0143. The molecule has 1 N–H and O–H groups in total. The number of thiol groups is 1. The van der Waals surface area contributed by atoms with Crippen molar-refractivity contribution in [3.63, 3.8) is 0 Å². The number of hydrogen-bond acceptors (Lipinski definition) is 3. The van der Waals surface area contributed by atoms with Crippen molar-refractivity contribution in [2.75, 3.05) is 0 Å². The van der Waals surface area contributed by atoms with E-state index in [9.17, 15) is 4.79 Å². The Balaban J connectivity index is 2.13. The Morgan fingerprint density at radius 3 is 3.13 bits per heavy atom. The number of hydrogen-bond donors (Lipinski definition) is 2. The third kappa shape index (κ3) is 2.45. The van der Waals surface area contributed by atoms with Crippen molar-refractivity contribution in [1.29, 1.82) is 0 Å². The molecule has 0 saturated carbocycles. The summed E-state index contributed by atoms with van der Waals surface area (Å²) in [6.45, 7) is 0. The summed E-state index contributed by atoms with van der Waals surface area (Å²) in [5.41, 5.74) is 1.11. The summed E-state index contributed by atoms with van der Waals surface area (Å²) in [6, 6.07) is 5.67. The van der Waals surface area contributed by atoms with E-state index >= 15 is 0 Å². The van der Waals surface area contributed by atoms with Crippen LogP contribution in [0.3, 0.4) is 0 Å². The maximum absolute atomic E-state index is 10.5. The minimum Gasteiger partial charge on any atom is -0.490 e. The third-order valence-electron chi connectivity index (χ3n) is 2.48. The lowest BCUT2D eigenvalue weighted by Gasteiger charge is -2.25. The maximum atomic E-state index is 10.5. The zero-order chi connectivity index (χ0) is 10.8. The fourth-order valence-corrected chi connectivity index (χ4v) is 2.00. The number of fused-ring (bicyclic) bond motifs is 1. The van der Waals surface area contributed by atoms with Crippen LogP contribution in [0.1, 0.15) is 18.4 Å². The van der Waals surface area contributed by atoms with E-state index in [0.29, 0.717) is 0 Å². The highest BCUT2D eigenvalue weighted by Crippen LogP contribution is 2.30. The Kier molecular flexibility index (Phi) is 2.86. The number of carboxylic acids is 1. The van der Waals surface area contributed by atoms with Gasteiger partial charge in [0.1, 0.15) is 11.9 Å². The molecule has 2 rings (SSSR count). The van der Waals surface area contributed by atoms with Crippen molar-refractivity contribution in [3.05, 3.63) is 23.8 Å². The standard InChI is InChI=1S/C11H12O3S/c12-11(13)6-8-2-1-7-5-9(15)3-4-10(7)14-8/h3-5,8,15H,1-2,6H2,(H,12,13). The van der Waals surface area contributed by atoms with Crippen LogP contribution in [0.5, 0.6) is 5.75 Å². The summed E-state index contributed by atoms with van der Waals surface area (Å²) in [7, 11) is 0. The number of carbonyl (C=O) groups is 1. The predicted octanol–water partition coefficient (Wildman–Crippen LogP) is 2.14. The lowest BCUT2D eigenvalue weighted by Crippen LogP contribution is -2.25. The van der Waals surface area contributed by atoms with E-state index in [-0.39, 0.29) is 12.5 Å². The first-order valence-corrected chi connectivity index (χ1v) is 5.30. The topological polar surface area (TPSA) is 46.5 Å². The number of aliphatic carboxylic acids is 1. The molecule has 4 heteroatoms. The van der Waals surface area contributed by atoms with Gasteiger partial charge in [0.05, 0.1) is 6.42 Å². The fraction of sp³-hybridized carbons (Fsp3) is 0.364. The van der Waals surface area contributed by atoms with Gasteiger partial charge in [0, 0.05) is 4.90 Å². The number of aryl methyl sites for hydroxylation is 1. The van der Waals surface area contributed by atoms with Crippen molar-refractivity contribution in [1.82, 2.24) is 0 Å². The third-order valence-corrected chi connectivity index (χ3v) is 2.75. The number of benzene rings is 1. The van der Waals surface area contributed by atoms with Crippen LogP contribution >= 0.6 is 12.6 Å². The van der Waals surface area contributed by atoms with Crippen LogP contribution in [0.4, 0.5) is 0 Å². The largest absolute Gasteiger partial charge is 0.490 e. The lowest BCUT2D eigenvalue weighted by atomic mass is 10.0. The van der Waals surface area contributed by atoms with Crippen molar-refractivity contribution in [3.8, 4) is 5.75 Å². The first-order valence-electron chi connectivity index (χ1n) is 4.85. The zero-order valence-electron chi connectivity index (χ0n) is 8.14. The monoisotopic (exact) mass is 224 g/mol. The molecule has 0 bridgehead atoms. The Morgan fingerprint density at radius 1 is 1.60 bits per heavy atom. The molecule has 1 aliphatic heterocycles. The molecule has 1 atom stereocenters. The number of ether oxygens (including phenoxy) is 1. The molecule has 0 fully saturated rings. The Bertz CT molecular complexity index is 389. The van der Waals surface area contributed by atoms with Crippen LogP contribution in [0.2, 0.25) is 0 Å². The van der Waals surface area contributed by atoms with Gasteiger partial charge in [-0.3, -0.25) is 4.79 Å². The van der Waals surface area contributed by atoms with Gasteiger partial charge < -0.3 is 9.84 Å². The SMILES string of the molecule is O=C(O)CC1CCc2cc(S)ccc2O1. The van der Waals surface area contributed by atoms with Gasteiger partial charge in [-0.15, -0.1) is 12.6 Å². The molecule has 0 saturated heterocycles. The summed E-state index contributed by atoms with van der Waals surface area (Å²) in [5, 5.41) is 8.67. The molecule has 0 aliphatic carbocycles. The second-order valence-electron chi connectivity index (χ2n) is 3.67. The molecule has 1 aliphatic rings. The van der Waals surface area contributed by atoms with Crippen LogP contribution in [0.15, 0.2) is 23.1 Å². The average molecular weight is 224 g/mol. The van der Waals surface area contributed by atoms with E-state index in [1.54, 1.807) is 0 Å². The van der Waals surface area contributed by atoms with Gasteiger partial charge in [-0.2, -0.15) is 0 Å². The van der Waals surface area contributed by atoms with Gasteiger partial charge in [0.25, 0.3) is 0 Å². The fourth-order valence-electron chi connectivity index (χ4n) is 1.77. The Morgan fingerprint density at radius 2 is 2.40 bits per heavy atom. The zero-order valence-corrected chi connectivity index (χ0v) is 9.04. The van der Waals surface area contributed by atoms with E-state index in [1.165, 1.54) is 0 Å². The molecule has 1 aromatic carbocycles. The van der Waals surface area contributed by atoms with Gasteiger partial charge in [0.15, 0.2) is 0 Å². The molecule has 1 aromatic rings. The Hall–Kier alpha value is -1.16. The van der Waals surface area contributed by atoms with Gasteiger partial charge >= 0.3 is 5.97 Å². The Labute approximate surface area is 93.5 Å². The van der Waals surface area contributed by atoms with Gasteiger partial charge in [-0.1, -0.05) is 0 Å². The second-order valence-corrected chi connectivity index (χ2v) is 4.18.